The standard InChI is InChI=1S/C18H25NO/c1-11-6-16-9-14(4-5-18(16)20-11)17(19)10-15-8-12-2-3-13(15)7-12/h4-5,9,11-13,15,17H,2-3,6-8,10,19H2,1H3. The molecule has 2 nitrogen and oxygen atoms in total. The molecule has 0 radical (unpaired) electrons. The lowest BCUT2D eigenvalue weighted by Crippen LogP contribution is -2.19. The topological polar surface area (TPSA) is 35.2 Å². The minimum Gasteiger partial charge on any atom is -0.490 e. The first-order chi connectivity index (χ1) is 9.69. The maximum Gasteiger partial charge on any atom is 0.123 e. The maximum absolute atomic E-state index is 6.49. The summed E-state index contributed by atoms with van der Waals surface area (Å²) >= 11 is 0. The summed E-state index contributed by atoms with van der Waals surface area (Å²) in [7, 11) is 0. The third kappa shape index (κ3) is 2.14. The van der Waals surface area contributed by atoms with Gasteiger partial charge in [-0.15, -0.1) is 0 Å². The molecule has 20 heavy (non-hydrogen) atoms. The molecule has 2 bridgehead atoms. The Balaban J connectivity index is 1.46. The van der Waals surface area contributed by atoms with Gasteiger partial charge in [-0.05, 0) is 67.6 Å². The molecule has 1 aromatic rings. The molecule has 4 rings (SSSR count). The Morgan fingerprint density at radius 2 is 2.20 bits per heavy atom. The summed E-state index contributed by atoms with van der Waals surface area (Å²) in [6.07, 6.45) is 8.38. The Bertz CT molecular complexity index is 512. The van der Waals surface area contributed by atoms with Gasteiger partial charge in [0.25, 0.3) is 0 Å². The summed E-state index contributed by atoms with van der Waals surface area (Å²) in [5.74, 6) is 3.94. The smallest absolute Gasteiger partial charge is 0.123 e. The zero-order chi connectivity index (χ0) is 13.7. The summed E-state index contributed by atoms with van der Waals surface area (Å²) in [6.45, 7) is 2.13. The molecule has 2 N–H and O–H groups in total. The zero-order valence-corrected chi connectivity index (χ0v) is 12.3. The van der Waals surface area contributed by atoms with Crippen LogP contribution in [0.2, 0.25) is 0 Å². The van der Waals surface area contributed by atoms with Crippen LogP contribution in [0.1, 0.15) is 56.2 Å². The minimum atomic E-state index is 0.209. The van der Waals surface area contributed by atoms with Crippen LogP contribution in [0.15, 0.2) is 18.2 Å². The van der Waals surface area contributed by atoms with Gasteiger partial charge in [0, 0.05) is 12.5 Å². The van der Waals surface area contributed by atoms with Gasteiger partial charge in [0.15, 0.2) is 0 Å². The first kappa shape index (κ1) is 12.7. The van der Waals surface area contributed by atoms with Gasteiger partial charge in [-0.25, -0.2) is 0 Å². The summed E-state index contributed by atoms with van der Waals surface area (Å²) in [5.41, 5.74) is 9.15. The normalized spacial score (nSPS) is 35.9. The zero-order valence-electron chi connectivity index (χ0n) is 12.3. The van der Waals surface area contributed by atoms with E-state index >= 15 is 0 Å². The van der Waals surface area contributed by atoms with Gasteiger partial charge < -0.3 is 10.5 Å². The van der Waals surface area contributed by atoms with E-state index in [1.165, 1.54) is 43.2 Å². The van der Waals surface area contributed by atoms with E-state index in [1.54, 1.807) is 0 Å². The van der Waals surface area contributed by atoms with Crippen LogP contribution in [0.5, 0.6) is 5.75 Å². The Kier molecular flexibility index (Phi) is 3.03. The first-order valence-electron chi connectivity index (χ1n) is 8.24. The number of hydrogen-bond acceptors (Lipinski definition) is 2. The van der Waals surface area contributed by atoms with Crippen molar-refractivity contribution in [2.24, 2.45) is 23.5 Å². The molecule has 1 aliphatic heterocycles. The average molecular weight is 271 g/mol. The first-order valence-corrected chi connectivity index (χ1v) is 8.24. The number of fused-ring (bicyclic) bond motifs is 3. The molecule has 2 fully saturated rings. The van der Waals surface area contributed by atoms with E-state index in [0.717, 1.165) is 29.9 Å². The van der Waals surface area contributed by atoms with Crippen LogP contribution in [0, 0.1) is 17.8 Å². The van der Waals surface area contributed by atoms with Crippen LogP contribution in [-0.4, -0.2) is 6.10 Å². The molecule has 0 amide bonds. The molecule has 2 aliphatic carbocycles. The third-order valence-electron chi connectivity index (χ3n) is 5.79. The van der Waals surface area contributed by atoms with E-state index in [-0.39, 0.29) is 6.04 Å². The molecule has 108 valence electrons. The fraction of sp³-hybridized carbons (Fsp3) is 0.667. The highest BCUT2D eigenvalue weighted by Crippen LogP contribution is 2.50. The number of nitrogens with two attached hydrogens (primary N) is 1. The van der Waals surface area contributed by atoms with Crippen molar-refractivity contribution in [3.63, 3.8) is 0 Å². The molecule has 1 heterocycles. The van der Waals surface area contributed by atoms with Crippen molar-refractivity contribution in [2.45, 2.75) is 57.6 Å². The van der Waals surface area contributed by atoms with Crippen molar-refractivity contribution in [1.82, 2.24) is 0 Å². The van der Waals surface area contributed by atoms with Gasteiger partial charge in [0.05, 0.1) is 0 Å². The lowest BCUT2D eigenvalue weighted by atomic mass is 9.83. The Morgan fingerprint density at radius 1 is 1.30 bits per heavy atom. The summed E-state index contributed by atoms with van der Waals surface area (Å²) in [4.78, 5) is 0. The highest BCUT2D eigenvalue weighted by Gasteiger charge is 2.39. The van der Waals surface area contributed by atoms with Gasteiger partial charge in [-0.2, -0.15) is 0 Å². The molecule has 2 saturated carbocycles. The molecule has 1 aromatic carbocycles. The Morgan fingerprint density at radius 3 is 2.95 bits per heavy atom. The van der Waals surface area contributed by atoms with E-state index < -0.39 is 0 Å². The van der Waals surface area contributed by atoms with Crippen molar-refractivity contribution < 1.29 is 4.74 Å². The van der Waals surface area contributed by atoms with Gasteiger partial charge in [-0.3, -0.25) is 0 Å². The molecule has 3 aliphatic rings. The Hall–Kier alpha value is -1.02. The monoisotopic (exact) mass is 271 g/mol. The second kappa shape index (κ2) is 4.77. The highest BCUT2D eigenvalue weighted by molar-refractivity contribution is 5.41. The average Bonchev–Trinajstić information content (AvgIpc) is 3.10. The molecule has 2 heteroatoms. The maximum atomic E-state index is 6.49. The highest BCUT2D eigenvalue weighted by atomic mass is 16.5. The number of benzene rings is 1. The van der Waals surface area contributed by atoms with Crippen molar-refractivity contribution in [3.8, 4) is 5.75 Å². The van der Waals surface area contributed by atoms with E-state index in [4.69, 9.17) is 10.5 Å². The fourth-order valence-corrected chi connectivity index (χ4v) is 4.80. The van der Waals surface area contributed by atoms with Gasteiger partial charge in [0.2, 0.25) is 0 Å². The summed E-state index contributed by atoms with van der Waals surface area (Å²) < 4.78 is 5.77. The van der Waals surface area contributed by atoms with Crippen LogP contribution in [0.25, 0.3) is 0 Å². The third-order valence-corrected chi connectivity index (χ3v) is 5.79. The fourth-order valence-electron chi connectivity index (χ4n) is 4.80. The molecule has 5 unspecified atom stereocenters. The lowest BCUT2D eigenvalue weighted by Gasteiger charge is -2.25. The molecule has 0 aromatic heterocycles. The van der Waals surface area contributed by atoms with E-state index in [2.05, 4.69) is 25.1 Å². The second-order valence-corrected chi connectivity index (χ2v) is 7.28. The molecule has 5 atom stereocenters. The molecule has 0 spiro atoms. The lowest BCUT2D eigenvalue weighted by molar-refractivity contribution is 0.254. The number of rotatable bonds is 3. The van der Waals surface area contributed by atoms with Crippen LogP contribution in [-0.2, 0) is 6.42 Å². The summed E-state index contributed by atoms with van der Waals surface area (Å²) in [6, 6.07) is 6.79. The number of ether oxygens (including phenoxy) is 1. The quantitative estimate of drug-likeness (QED) is 0.906. The van der Waals surface area contributed by atoms with Gasteiger partial charge in [-0.1, -0.05) is 18.6 Å². The predicted octanol–water partition coefficient (Wildman–Crippen LogP) is 3.84. The van der Waals surface area contributed by atoms with E-state index in [0.29, 0.717) is 6.10 Å². The van der Waals surface area contributed by atoms with Crippen molar-refractivity contribution in [3.05, 3.63) is 29.3 Å². The van der Waals surface area contributed by atoms with Crippen LogP contribution in [0.3, 0.4) is 0 Å². The molecular weight excluding hydrogens is 246 g/mol. The Labute approximate surface area is 121 Å². The van der Waals surface area contributed by atoms with E-state index in [9.17, 15) is 0 Å². The van der Waals surface area contributed by atoms with Crippen LogP contribution < -0.4 is 10.5 Å². The molecular formula is C18H25NO. The summed E-state index contributed by atoms with van der Waals surface area (Å²) in [5, 5.41) is 0. The van der Waals surface area contributed by atoms with Crippen molar-refractivity contribution in [1.29, 1.82) is 0 Å². The SMILES string of the molecule is CC1Cc2cc(C(N)CC3CC4CCC3C4)ccc2O1. The van der Waals surface area contributed by atoms with Gasteiger partial charge >= 0.3 is 0 Å². The van der Waals surface area contributed by atoms with E-state index in [1.807, 2.05) is 0 Å². The largest absolute Gasteiger partial charge is 0.490 e. The molecule has 0 saturated heterocycles. The second-order valence-electron chi connectivity index (χ2n) is 7.28. The predicted molar refractivity (Wildman–Crippen MR) is 80.7 cm³/mol. The van der Waals surface area contributed by atoms with Crippen molar-refractivity contribution >= 4 is 0 Å². The van der Waals surface area contributed by atoms with Crippen LogP contribution >= 0.6 is 0 Å². The van der Waals surface area contributed by atoms with Crippen LogP contribution in [0.4, 0.5) is 0 Å². The van der Waals surface area contributed by atoms with Gasteiger partial charge in [0.1, 0.15) is 11.9 Å². The number of hydrogen-bond donors (Lipinski definition) is 1. The minimum absolute atomic E-state index is 0.209. The van der Waals surface area contributed by atoms with Crippen molar-refractivity contribution in [2.75, 3.05) is 0 Å².